The summed E-state index contributed by atoms with van der Waals surface area (Å²) in [6.07, 6.45) is 7.84. The van der Waals surface area contributed by atoms with Crippen LogP contribution in [0.3, 0.4) is 0 Å². The first kappa shape index (κ1) is 18.0. The molecule has 27 heavy (non-hydrogen) atoms. The summed E-state index contributed by atoms with van der Waals surface area (Å²) >= 11 is 0. The molecule has 0 saturated heterocycles. The highest BCUT2D eigenvalue weighted by atomic mass is 16.3. The summed E-state index contributed by atoms with van der Waals surface area (Å²) in [5.74, 6) is 0. The number of aliphatic hydroxyl groups is 1. The summed E-state index contributed by atoms with van der Waals surface area (Å²) in [5.41, 5.74) is 7.88. The summed E-state index contributed by atoms with van der Waals surface area (Å²) in [5, 5.41) is 10.5. The number of hydrogen-bond donors (Lipinski definition) is 1. The molecule has 0 aliphatic carbocycles. The van der Waals surface area contributed by atoms with Crippen molar-refractivity contribution >= 4 is 22.7 Å². The normalized spacial score (nSPS) is 15.3. The van der Waals surface area contributed by atoms with E-state index in [1.54, 1.807) is 0 Å². The maximum absolute atomic E-state index is 9.17. The predicted molar refractivity (Wildman–Crippen MR) is 111 cm³/mol. The zero-order valence-corrected chi connectivity index (χ0v) is 16.2. The van der Waals surface area contributed by atoms with Crippen molar-refractivity contribution in [3.05, 3.63) is 65.1 Å². The fourth-order valence-corrected chi connectivity index (χ4v) is 4.08. The van der Waals surface area contributed by atoms with Gasteiger partial charge in [-0.15, -0.1) is 0 Å². The molecule has 0 radical (unpaired) electrons. The number of nitrogens with zero attached hydrogens (tertiary/aromatic N) is 3. The third kappa shape index (κ3) is 3.55. The molecular weight excluding hydrogens is 334 g/mol. The maximum Gasteiger partial charge on any atom is 0.0529 e. The predicted octanol–water partition coefficient (Wildman–Crippen LogP) is 4.10. The maximum atomic E-state index is 9.17. The van der Waals surface area contributed by atoms with Gasteiger partial charge in [0, 0.05) is 62.3 Å². The Morgan fingerprint density at radius 2 is 2.04 bits per heavy atom. The molecule has 0 amide bonds. The monoisotopic (exact) mass is 361 g/mol. The Balaban J connectivity index is 1.80. The summed E-state index contributed by atoms with van der Waals surface area (Å²) in [6, 6.07) is 10.9. The van der Waals surface area contributed by atoms with Crippen molar-refractivity contribution in [2.45, 2.75) is 33.2 Å². The first-order valence-corrected chi connectivity index (χ1v) is 9.71. The second kappa shape index (κ2) is 7.67. The van der Waals surface area contributed by atoms with Crippen LogP contribution in [-0.2, 0) is 13.0 Å². The summed E-state index contributed by atoms with van der Waals surface area (Å²) < 4.78 is 2.39. The minimum Gasteiger partial charge on any atom is -0.396 e. The molecule has 1 aromatic carbocycles. The van der Waals surface area contributed by atoms with Crippen LogP contribution >= 0.6 is 0 Å². The molecule has 3 heterocycles. The first-order chi connectivity index (χ1) is 13.2. The standard InChI is InChI=1S/C23H27N3O/c1-17-4-5-22-20(14-17)21-16-25(11-3-13-27)12-8-23(21)26(22)15-18(2)19-6-9-24-10-7-19/h4-7,9-10,14-15,27H,3,8,11-13,16H2,1-2H3/b18-15-. The highest BCUT2D eigenvalue weighted by Gasteiger charge is 2.23. The van der Waals surface area contributed by atoms with Crippen molar-refractivity contribution in [2.24, 2.45) is 0 Å². The van der Waals surface area contributed by atoms with Gasteiger partial charge in [0.2, 0.25) is 0 Å². The van der Waals surface area contributed by atoms with Crippen molar-refractivity contribution in [3.8, 4) is 0 Å². The van der Waals surface area contributed by atoms with E-state index in [9.17, 15) is 0 Å². The molecular formula is C23H27N3O. The van der Waals surface area contributed by atoms with Crippen molar-refractivity contribution < 1.29 is 5.11 Å². The van der Waals surface area contributed by atoms with Crippen LogP contribution in [0.25, 0.3) is 22.7 Å². The molecule has 0 fully saturated rings. The minimum atomic E-state index is 0.262. The third-order valence-electron chi connectivity index (χ3n) is 5.51. The van der Waals surface area contributed by atoms with Crippen LogP contribution in [0, 0.1) is 6.92 Å². The summed E-state index contributed by atoms with van der Waals surface area (Å²) in [4.78, 5) is 6.59. The van der Waals surface area contributed by atoms with Crippen molar-refractivity contribution in [3.63, 3.8) is 0 Å². The lowest BCUT2D eigenvalue weighted by Crippen LogP contribution is -2.32. The molecule has 0 atom stereocenters. The van der Waals surface area contributed by atoms with Crippen LogP contribution < -0.4 is 0 Å². The Labute approximate surface area is 160 Å². The molecule has 4 nitrogen and oxygen atoms in total. The molecule has 3 aromatic rings. The summed E-state index contributed by atoms with van der Waals surface area (Å²) in [7, 11) is 0. The van der Waals surface area contributed by atoms with E-state index in [-0.39, 0.29) is 6.61 Å². The van der Waals surface area contributed by atoms with Gasteiger partial charge in [0.25, 0.3) is 0 Å². The molecule has 0 spiro atoms. The highest BCUT2D eigenvalue weighted by molar-refractivity contribution is 5.90. The van der Waals surface area contributed by atoms with Crippen LogP contribution in [0.2, 0.25) is 0 Å². The van der Waals surface area contributed by atoms with E-state index in [0.717, 1.165) is 32.5 Å². The minimum absolute atomic E-state index is 0.262. The molecule has 2 aromatic heterocycles. The zero-order chi connectivity index (χ0) is 18.8. The average molecular weight is 361 g/mol. The Hall–Kier alpha value is -2.43. The Bertz CT molecular complexity index is 972. The number of aryl methyl sites for hydroxylation is 1. The van der Waals surface area contributed by atoms with Gasteiger partial charge >= 0.3 is 0 Å². The Morgan fingerprint density at radius 3 is 2.81 bits per heavy atom. The molecule has 0 saturated carbocycles. The SMILES string of the molecule is C/C(=C/n1c2c(c3cc(C)ccc31)CN(CCCO)CC2)c1ccncc1. The number of aromatic nitrogens is 2. The Kier molecular flexibility index (Phi) is 5.10. The molecule has 1 N–H and O–H groups in total. The quantitative estimate of drug-likeness (QED) is 0.744. The molecule has 4 heteroatoms. The van der Waals surface area contributed by atoms with E-state index in [4.69, 9.17) is 5.11 Å². The lowest BCUT2D eigenvalue weighted by atomic mass is 10.0. The van der Waals surface area contributed by atoms with Crippen LogP contribution in [0.4, 0.5) is 0 Å². The van der Waals surface area contributed by atoms with E-state index in [2.05, 4.69) is 64.8 Å². The van der Waals surface area contributed by atoms with Crippen LogP contribution in [0.15, 0.2) is 42.7 Å². The van der Waals surface area contributed by atoms with Crippen molar-refractivity contribution in [1.29, 1.82) is 0 Å². The molecule has 0 bridgehead atoms. The number of allylic oxidation sites excluding steroid dienone is 1. The van der Waals surface area contributed by atoms with Crippen LogP contribution in [-0.4, -0.2) is 39.3 Å². The molecule has 140 valence electrons. The number of aliphatic hydroxyl groups excluding tert-OH is 1. The largest absolute Gasteiger partial charge is 0.396 e. The van der Waals surface area contributed by atoms with E-state index >= 15 is 0 Å². The van der Waals surface area contributed by atoms with Gasteiger partial charge in [-0.1, -0.05) is 11.6 Å². The van der Waals surface area contributed by atoms with E-state index in [0.29, 0.717) is 0 Å². The van der Waals surface area contributed by atoms with Gasteiger partial charge in [-0.25, -0.2) is 0 Å². The number of hydrogen-bond acceptors (Lipinski definition) is 3. The number of fused-ring (bicyclic) bond motifs is 3. The Morgan fingerprint density at radius 1 is 1.22 bits per heavy atom. The molecule has 1 aliphatic heterocycles. The van der Waals surface area contributed by atoms with Crippen LogP contribution in [0.1, 0.15) is 35.7 Å². The van der Waals surface area contributed by atoms with E-state index in [1.165, 1.54) is 38.9 Å². The average Bonchev–Trinajstić information content (AvgIpc) is 2.99. The van der Waals surface area contributed by atoms with Gasteiger partial charge in [0.1, 0.15) is 0 Å². The number of rotatable bonds is 5. The number of pyridine rings is 1. The lowest BCUT2D eigenvalue weighted by molar-refractivity contribution is 0.212. The fraction of sp³-hybridized carbons (Fsp3) is 0.348. The van der Waals surface area contributed by atoms with Gasteiger partial charge < -0.3 is 9.67 Å². The van der Waals surface area contributed by atoms with E-state index in [1.807, 2.05) is 12.4 Å². The number of benzene rings is 1. The second-order valence-electron chi connectivity index (χ2n) is 7.47. The van der Waals surface area contributed by atoms with Gasteiger partial charge in [-0.05, 0) is 61.2 Å². The third-order valence-corrected chi connectivity index (χ3v) is 5.51. The van der Waals surface area contributed by atoms with Gasteiger partial charge in [-0.3, -0.25) is 9.88 Å². The summed E-state index contributed by atoms with van der Waals surface area (Å²) in [6.45, 7) is 7.55. The highest BCUT2D eigenvalue weighted by Crippen LogP contribution is 2.33. The lowest BCUT2D eigenvalue weighted by Gasteiger charge is -2.27. The molecule has 0 unspecified atom stereocenters. The smallest absolute Gasteiger partial charge is 0.0529 e. The first-order valence-electron chi connectivity index (χ1n) is 9.71. The molecule has 1 aliphatic rings. The van der Waals surface area contributed by atoms with Crippen molar-refractivity contribution in [2.75, 3.05) is 19.7 Å². The van der Waals surface area contributed by atoms with E-state index < -0.39 is 0 Å². The van der Waals surface area contributed by atoms with Gasteiger partial charge in [-0.2, -0.15) is 0 Å². The second-order valence-corrected chi connectivity index (χ2v) is 7.47. The zero-order valence-electron chi connectivity index (χ0n) is 16.2. The van der Waals surface area contributed by atoms with Crippen molar-refractivity contribution in [1.82, 2.24) is 14.5 Å². The van der Waals surface area contributed by atoms with Crippen LogP contribution in [0.5, 0.6) is 0 Å². The molecule has 4 rings (SSSR count). The van der Waals surface area contributed by atoms with Gasteiger partial charge in [0.05, 0.1) is 5.52 Å². The topological polar surface area (TPSA) is 41.3 Å². The fourth-order valence-electron chi connectivity index (χ4n) is 4.08. The van der Waals surface area contributed by atoms with Gasteiger partial charge in [0.15, 0.2) is 0 Å².